The van der Waals surface area contributed by atoms with Crippen LogP contribution in [0.15, 0.2) is 30.3 Å². The van der Waals surface area contributed by atoms with E-state index in [4.69, 9.17) is 0 Å². The minimum absolute atomic E-state index is 0.414. The normalized spacial score (nSPS) is 22.8. The third kappa shape index (κ3) is 3.84. The van der Waals surface area contributed by atoms with Gasteiger partial charge in [-0.05, 0) is 55.9 Å². The third-order valence-electron chi connectivity index (χ3n) is 4.72. The van der Waals surface area contributed by atoms with E-state index in [1.54, 1.807) is 0 Å². The Kier molecular flexibility index (Phi) is 4.39. The molecule has 20 heavy (non-hydrogen) atoms. The van der Waals surface area contributed by atoms with Crippen molar-refractivity contribution in [1.29, 1.82) is 0 Å². The molecule has 108 valence electrons. The Morgan fingerprint density at radius 3 is 2.65 bits per heavy atom. The molecule has 1 aromatic rings. The molecule has 1 amide bonds. The van der Waals surface area contributed by atoms with Gasteiger partial charge in [-0.25, -0.2) is 0 Å². The number of rotatable bonds is 5. The van der Waals surface area contributed by atoms with Gasteiger partial charge in [0.2, 0.25) is 5.91 Å². The molecule has 1 heterocycles. The Morgan fingerprint density at radius 2 is 1.90 bits per heavy atom. The molecule has 0 spiro atoms. The van der Waals surface area contributed by atoms with Crippen LogP contribution < -0.4 is 0 Å². The number of hydrogen-bond acceptors (Lipinski definition) is 1. The summed E-state index contributed by atoms with van der Waals surface area (Å²) in [7, 11) is 0. The summed E-state index contributed by atoms with van der Waals surface area (Å²) in [4.78, 5) is 14.3. The van der Waals surface area contributed by atoms with E-state index in [2.05, 4.69) is 35.2 Å². The van der Waals surface area contributed by atoms with E-state index in [-0.39, 0.29) is 0 Å². The first-order valence-corrected chi connectivity index (χ1v) is 8.13. The van der Waals surface area contributed by atoms with Crippen molar-refractivity contribution in [2.45, 2.75) is 44.9 Å². The first-order valence-electron chi connectivity index (χ1n) is 8.13. The van der Waals surface area contributed by atoms with Crippen molar-refractivity contribution in [2.24, 2.45) is 11.8 Å². The lowest BCUT2D eigenvalue weighted by Gasteiger charge is -2.33. The number of carbonyl (C=O) groups is 1. The van der Waals surface area contributed by atoms with Gasteiger partial charge in [-0.3, -0.25) is 4.79 Å². The van der Waals surface area contributed by atoms with Crippen molar-refractivity contribution in [1.82, 2.24) is 4.90 Å². The van der Waals surface area contributed by atoms with Gasteiger partial charge in [0.1, 0.15) is 0 Å². The average Bonchev–Trinajstić information content (AvgIpc) is 3.30. The molecule has 1 saturated heterocycles. The number of likely N-dealkylation sites (tertiary alicyclic amines) is 1. The van der Waals surface area contributed by atoms with E-state index < -0.39 is 0 Å². The Morgan fingerprint density at radius 1 is 1.10 bits per heavy atom. The molecule has 0 N–H and O–H groups in total. The molecule has 0 unspecified atom stereocenters. The maximum Gasteiger partial charge on any atom is 0.222 e. The Labute approximate surface area is 122 Å². The highest BCUT2D eigenvalue weighted by molar-refractivity contribution is 5.76. The van der Waals surface area contributed by atoms with E-state index in [1.807, 2.05) is 0 Å². The molecule has 1 atom stereocenters. The molecule has 1 aliphatic carbocycles. The molecule has 1 aliphatic heterocycles. The van der Waals surface area contributed by atoms with Crippen LogP contribution in [0, 0.1) is 11.8 Å². The van der Waals surface area contributed by atoms with Gasteiger partial charge in [0, 0.05) is 19.5 Å². The fourth-order valence-corrected chi connectivity index (χ4v) is 3.24. The van der Waals surface area contributed by atoms with Crippen molar-refractivity contribution in [3.05, 3.63) is 35.9 Å². The Bertz CT molecular complexity index is 438. The monoisotopic (exact) mass is 271 g/mol. The highest BCUT2D eigenvalue weighted by Gasteiger charge is 2.29. The number of amides is 1. The minimum atomic E-state index is 0.414. The largest absolute Gasteiger partial charge is 0.342 e. The van der Waals surface area contributed by atoms with Gasteiger partial charge >= 0.3 is 0 Å². The molecule has 1 aromatic carbocycles. The first kappa shape index (κ1) is 13.7. The maximum absolute atomic E-state index is 12.2. The van der Waals surface area contributed by atoms with Gasteiger partial charge in [0.05, 0.1) is 0 Å². The summed E-state index contributed by atoms with van der Waals surface area (Å²) in [5, 5.41) is 0. The zero-order valence-corrected chi connectivity index (χ0v) is 12.3. The molecule has 0 bridgehead atoms. The molecule has 0 aromatic heterocycles. The highest BCUT2D eigenvalue weighted by atomic mass is 16.2. The topological polar surface area (TPSA) is 20.3 Å². The lowest BCUT2D eigenvalue weighted by atomic mass is 9.91. The van der Waals surface area contributed by atoms with Crippen molar-refractivity contribution in [2.75, 3.05) is 13.1 Å². The van der Waals surface area contributed by atoms with E-state index >= 15 is 0 Å². The van der Waals surface area contributed by atoms with Gasteiger partial charge in [0.15, 0.2) is 0 Å². The summed E-state index contributed by atoms with van der Waals surface area (Å²) in [6, 6.07) is 10.7. The summed E-state index contributed by atoms with van der Waals surface area (Å²) < 4.78 is 0. The number of piperidine rings is 1. The van der Waals surface area contributed by atoms with Crippen molar-refractivity contribution < 1.29 is 4.79 Å². The van der Waals surface area contributed by atoms with Gasteiger partial charge in [-0.15, -0.1) is 0 Å². The molecule has 2 nitrogen and oxygen atoms in total. The second kappa shape index (κ2) is 6.43. The second-order valence-electron chi connectivity index (χ2n) is 6.52. The summed E-state index contributed by atoms with van der Waals surface area (Å²) >= 11 is 0. The van der Waals surface area contributed by atoms with E-state index in [9.17, 15) is 4.79 Å². The van der Waals surface area contributed by atoms with Crippen LogP contribution in [0.3, 0.4) is 0 Å². The fraction of sp³-hybridized carbons (Fsp3) is 0.611. The predicted octanol–water partition coefficient (Wildman–Crippen LogP) is 3.66. The van der Waals surface area contributed by atoms with E-state index in [1.165, 1.54) is 37.7 Å². The number of hydrogen-bond donors (Lipinski definition) is 0. The Balaban J connectivity index is 1.46. The van der Waals surface area contributed by atoms with Crippen molar-refractivity contribution in [3.63, 3.8) is 0 Å². The van der Waals surface area contributed by atoms with Crippen molar-refractivity contribution in [3.8, 4) is 0 Å². The lowest BCUT2D eigenvalue weighted by Crippen LogP contribution is -2.40. The van der Waals surface area contributed by atoms with Crippen LogP contribution >= 0.6 is 0 Å². The predicted molar refractivity (Wildman–Crippen MR) is 81.4 cm³/mol. The van der Waals surface area contributed by atoms with E-state index in [0.29, 0.717) is 17.7 Å². The van der Waals surface area contributed by atoms with Crippen LogP contribution in [-0.4, -0.2) is 23.9 Å². The zero-order valence-electron chi connectivity index (χ0n) is 12.3. The summed E-state index contributed by atoms with van der Waals surface area (Å²) in [5.74, 6) is 1.83. The summed E-state index contributed by atoms with van der Waals surface area (Å²) in [6.07, 6.45) is 8.21. The zero-order chi connectivity index (χ0) is 13.8. The fourth-order valence-electron chi connectivity index (χ4n) is 3.24. The van der Waals surface area contributed by atoms with Gasteiger partial charge < -0.3 is 4.90 Å². The number of nitrogens with zero attached hydrogens (tertiary/aromatic N) is 1. The minimum Gasteiger partial charge on any atom is -0.342 e. The van der Waals surface area contributed by atoms with Crippen LogP contribution in [0.5, 0.6) is 0 Å². The maximum atomic E-state index is 12.2. The Hall–Kier alpha value is -1.31. The average molecular weight is 271 g/mol. The van der Waals surface area contributed by atoms with Crippen molar-refractivity contribution >= 4 is 5.91 Å². The molecule has 2 aliphatic rings. The van der Waals surface area contributed by atoms with E-state index in [0.717, 1.165) is 25.9 Å². The standard InChI is InChI=1S/C18H25NO/c20-18(13-16-9-10-16)19-12-4-7-17(14-19)11-8-15-5-2-1-3-6-15/h1-3,5-6,16-17H,4,7-14H2/t17-/m1/s1. The molecule has 2 heteroatoms. The summed E-state index contributed by atoms with van der Waals surface area (Å²) in [6.45, 7) is 1.99. The van der Waals surface area contributed by atoms with Crippen LogP contribution in [-0.2, 0) is 11.2 Å². The smallest absolute Gasteiger partial charge is 0.222 e. The number of benzene rings is 1. The lowest BCUT2D eigenvalue weighted by molar-refractivity contribution is -0.133. The first-order chi connectivity index (χ1) is 9.81. The molecule has 1 saturated carbocycles. The number of carbonyl (C=O) groups excluding carboxylic acids is 1. The molecule has 0 radical (unpaired) electrons. The van der Waals surface area contributed by atoms with Gasteiger partial charge in [-0.1, -0.05) is 30.3 Å². The molecular formula is C18H25NO. The quantitative estimate of drug-likeness (QED) is 0.800. The van der Waals surface area contributed by atoms with Crippen LogP contribution in [0.25, 0.3) is 0 Å². The second-order valence-corrected chi connectivity index (χ2v) is 6.52. The van der Waals surface area contributed by atoms with Crippen LogP contribution in [0.1, 0.15) is 44.1 Å². The molecule has 3 rings (SSSR count). The number of aryl methyl sites for hydroxylation is 1. The van der Waals surface area contributed by atoms with Crippen LogP contribution in [0.4, 0.5) is 0 Å². The molecular weight excluding hydrogens is 246 g/mol. The molecule has 2 fully saturated rings. The summed E-state index contributed by atoms with van der Waals surface area (Å²) in [5.41, 5.74) is 1.42. The van der Waals surface area contributed by atoms with Gasteiger partial charge in [0.25, 0.3) is 0 Å². The highest BCUT2D eigenvalue weighted by Crippen LogP contribution is 2.33. The van der Waals surface area contributed by atoms with Crippen LogP contribution in [0.2, 0.25) is 0 Å². The SMILES string of the molecule is O=C(CC1CC1)N1CCC[C@H](CCc2ccccc2)C1. The third-order valence-corrected chi connectivity index (χ3v) is 4.72. The van der Waals surface area contributed by atoms with Gasteiger partial charge in [-0.2, -0.15) is 0 Å².